The molecule has 1 aliphatic heterocycles. The van der Waals surface area contributed by atoms with E-state index in [2.05, 4.69) is 29.4 Å². The highest BCUT2D eigenvalue weighted by molar-refractivity contribution is 7.13. The maximum Gasteiger partial charge on any atom is 0.265 e. The lowest BCUT2D eigenvalue weighted by Gasteiger charge is -2.33. The zero-order valence-corrected chi connectivity index (χ0v) is 15.3. The van der Waals surface area contributed by atoms with Crippen LogP contribution in [0.2, 0.25) is 0 Å². The Morgan fingerprint density at radius 1 is 1.35 bits per heavy atom. The Bertz CT molecular complexity index is 621. The Balaban J connectivity index is 0.00000132. The summed E-state index contributed by atoms with van der Waals surface area (Å²) in [6, 6.07) is 10.5. The highest BCUT2D eigenvalue weighted by atomic mass is 35.5. The second kappa shape index (κ2) is 9.23. The van der Waals surface area contributed by atoms with Gasteiger partial charge in [-0.25, -0.2) is 4.98 Å². The third kappa shape index (κ3) is 4.91. The van der Waals surface area contributed by atoms with Crippen LogP contribution in [0.5, 0.6) is 0 Å². The van der Waals surface area contributed by atoms with Crippen LogP contribution in [0.3, 0.4) is 0 Å². The van der Waals surface area contributed by atoms with E-state index in [1.807, 2.05) is 23.1 Å². The van der Waals surface area contributed by atoms with Crippen molar-refractivity contribution in [1.82, 2.24) is 15.2 Å². The fraction of sp³-hybridized carbons (Fsp3) is 0.375. The molecule has 0 aliphatic carbocycles. The van der Waals surface area contributed by atoms with Crippen molar-refractivity contribution < 1.29 is 4.79 Å². The lowest BCUT2D eigenvalue weighted by Crippen LogP contribution is -2.52. The second-order valence-electron chi connectivity index (χ2n) is 5.33. The number of hydrogen-bond donors (Lipinski definition) is 1. The molecule has 0 saturated carbocycles. The molecular weight excluding hydrogens is 353 g/mol. The van der Waals surface area contributed by atoms with Crippen molar-refractivity contribution in [1.29, 1.82) is 0 Å². The minimum Gasteiger partial charge on any atom is -0.333 e. The Kier molecular flexibility index (Phi) is 7.99. The predicted molar refractivity (Wildman–Crippen MR) is 99.2 cm³/mol. The fourth-order valence-electron chi connectivity index (χ4n) is 2.55. The number of halogens is 2. The van der Waals surface area contributed by atoms with E-state index in [-0.39, 0.29) is 36.8 Å². The van der Waals surface area contributed by atoms with Crippen molar-refractivity contribution in [3.63, 3.8) is 0 Å². The van der Waals surface area contributed by atoms with Crippen LogP contribution < -0.4 is 5.32 Å². The normalized spacial score (nSPS) is 17.1. The number of nitrogens with one attached hydrogen (secondary N) is 1. The van der Waals surface area contributed by atoms with Crippen LogP contribution in [0.4, 0.5) is 0 Å². The molecule has 7 heteroatoms. The molecule has 0 radical (unpaired) electrons. The van der Waals surface area contributed by atoms with Crippen molar-refractivity contribution in [3.8, 4) is 0 Å². The molecule has 3 rings (SSSR count). The predicted octanol–water partition coefficient (Wildman–Crippen LogP) is 3.01. The van der Waals surface area contributed by atoms with Gasteiger partial charge < -0.3 is 10.2 Å². The van der Waals surface area contributed by atoms with E-state index in [0.29, 0.717) is 0 Å². The van der Waals surface area contributed by atoms with Gasteiger partial charge in [0.15, 0.2) is 0 Å². The van der Waals surface area contributed by atoms with Gasteiger partial charge in [0.05, 0.1) is 11.2 Å². The van der Waals surface area contributed by atoms with Crippen LogP contribution in [0.1, 0.15) is 27.2 Å². The van der Waals surface area contributed by atoms with E-state index in [9.17, 15) is 4.79 Å². The third-order valence-corrected chi connectivity index (χ3v) is 4.71. The lowest BCUT2D eigenvalue weighted by molar-refractivity contribution is 0.0660. The van der Waals surface area contributed by atoms with Crippen LogP contribution in [0.25, 0.3) is 0 Å². The monoisotopic (exact) mass is 373 g/mol. The summed E-state index contributed by atoms with van der Waals surface area (Å²) >= 11 is 1.51. The van der Waals surface area contributed by atoms with Crippen molar-refractivity contribution in [2.24, 2.45) is 0 Å². The van der Waals surface area contributed by atoms with Gasteiger partial charge in [0.2, 0.25) is 0 Å². The summed E-state index contributed by atoms with van der Waals surface area (Å²) in [5.74, 6) is 0.112. The topological polar surface area (TPSA) is 45.2 Å². The van der Waals surface area contributed by atoms with Crippen LogP contribution in [-0.4, -0.2) is 41.5 Å². The van der Waals surface area contributed by atoms with E-state index >= 15 is 0 Å². The largest absolute Gasteiger partial charge is 0.333 e. The summed E-state index contributed by atoms with van der Waals surface area (Å²) < 4.78 is 0. The molecule has 0 spiro atoms. The van der Waals surface area contributed by atoms with Crippen LogP contribution in [0.15, 0.2) is 36.5 Å². The van der Waals surface area contributed by atoms with Gasteiger partial charge in [-0.1, -0.05) is 30.3 Å². The van der Waals surface area contributed by atoms with Crippen molar-refractivity contribution in [2.45, 2.75) is 19.4 Å². The SMILES string of the molecule is C[C@@H]1CNCCN1C(=O)c1cnc(Cc2ccccc2)s1.Cl.Cl. The standard InChI is InChI=1S/C16H19N3OS.2ClH/c1-12-10-17-7-8-19(12)16(20)14-11-18-15(21-14)9-13-5-3-2-4-6-13;;/h2-6,11-12,17H,7-10H2,1H3;2*1H/t12-;;/m1../s1. The minimum atomic E-state index is 0. The summed E-state index contributed by atoms with van der Waals surface area (Å²) in [6.07, 6.45) is 2.51. The summed E-state index contributed by atoms with van der Waals surface area (Å²) in [5.41, 5.74) is 1.22. The first kappa shape index (κ1) is 19.9. The molecule has 0 unspecified atom stereocenters. The average molecular weight is 374 g/mol. The number of benzene rings is 1. The second-order valence-corrected chi connectivity index (χ2v) is 6.45. The molecule has 1 saturated heterocycles. The number of piperazine rings is 1. The molecule has 1 aromatic heterocycles. The summed E-state index contributed by atoms with van der Waals surface area (Å²) in [6.45, 7) is 4.58. The van der Waals surface area contributed by atoms with Crippen molar-refractivity contribution in [2.75, 3.05) is 19.6 Å². The molecule has 1 N–H and O–H groups in total. The molecule has 23 heavy (non-hydrogen) atoms. The molecule has 2 heterocycles. The number of thiazole rings is 1. The number of rotatable bonds is 3. The first-order valence-electron chi connectivity index (χ1n) is 7.24. The highest BCUT2D eigenvalue weighted by Crippen LogP contribution is 2.20. The average Bonchev–Trinajstić information content (AvgIpc) is 2.97. The van der Waals surface area contributed by atoms with Crippen LogP contribution >= 0.6 is 36.2 Å². The number of carbonyl (C=O) groups is 1. The molecule has 126 valence electrons. The number of carbonyl (C=O) groups excluding carboxylic acids is 1. The van der Waals surface area contributed by atoms with Gasteiger partial charge in [0, 0.05) is 32.1 Å². The van der Waals surface area contributed by atoms with E-state index in [0.717, 1.165) is 35.9 Å². The Morgan fingerprint density at radius 3 is 2.78 bits per heavy atom. The minimum absolute atomic E-state index is 0. The maximum atomic E-state index is 12.5. The van der Waals surface area contributed by atoms with Gasteiger partial charge in [0.25, 0.3) is 5.91 Å². The summed E-state index contributed by atoms with van der Waals surface area (Å²) in [4.78, 5) is 19.6. The molecule has 4 nitrogen and oxygen atoms in total. The summed E-state index contributed by atoms with van der Waals surface area (Å²) in [5, 5.41) is 4.30. The number of aromatic nitrogens is 1. The van der Waals surface area contributed by atoms with E-state index in [4.69, 9.17) is 0 Å². The molecule has 2 aromatic rings. The maximum absolute atomic E-state index is 12.5. The molecule has 0 bridgehead atoms. The fourth-order valence-corrected chi connectivity index (χ4v) is 3.45. The Labute approximate surface area is 153 Å². The third-order valence-electron chi connectivity index (χ3n) is 3.72. The van der Waals surface area contributed by atoms with Crippen LogP contribution in [0, 0.1) is 0 Å². The van der Waals surface area contributed by atoms with Gasteiger partial charge in [-0.3, -0.25) is 4.79 Å². The highest BCUT2D eigenvalue weighted by Gasteiger charge is 2.25. The molecule has 1 atom stereocenters. The molecular formula is C16H21Cl2N3OS. The number of nitrogens with zero attached hydrogens (tertiary/aromatic N) is 2. The van der Waals surface area contributed by atoms with Gasteiger partial charge in [0.1, 0.15) is 4.88 Å². The van der Waals surface area contributed by atoms with Gasteiger partial charge in [-0.15, -0.1) is 36.2 Å². The molecule has 1 aromatic carbocycles. The summed E-state index contributed by atoms with van der Waals surface area (Å²) in [7, 11) is 0. The molecule has 1 amide bonds. The Hall–Kier alpha value is -1.14. The van der Waals surface area contributed by atoms with E-state index in [1.54, 1.807) is 6.20 Å². The quantitative estimate of drug-likeness (QED) is 0.899. The zero-order valence-electron chi connectivity index (χ0n) is 12.9. The lowest BCUT2D eigenvalue weighted by atomic mass is 10.2. The van der Waals surface area contributed by atoms with E-state index < -0.39 is 0 Å². The number of hydrogen-bond acceptors (Lipinski definition) is 4. The first-order chi connectivity index (χ1) is 10.2. The Morgan fingerprint density at radius 2 is 2.09 bits per heavy atom. The van der Waals surface area contributed by atoms with Crippen LogP contribution in [-0.2, 0) is 6.42 Å². The van der Waals surface area contributed by atoms with Gasteiger partial charge >= 0.3 is 0 Å². The zero-order chi connectivity index (χ0) is 14.7. The number of amides is 1. The first-order valence-corrected chi connectivity index (χ1v) is 8.06. The molecule has 1 aliphatic rings. The van der Waals surface area contributed by atoms with Crippen molar-refractivity contribution in [3.05, 3.63) is 52.0 Å². The van der Waals surface area contributed by atoms with E-state index in [1.165, 1.54) is 16.9 Å². The van der Waals surface area contributed by atoms with Crippen molar-refractivity contribution >= 4 is 42.1 Å². The molecule has 1 fully saturated rings. The van der Waals surface area contributed by atoms with Gasteiger partial charge in [-0.05, 0) is 12.5 Å². The van der Waals surface area contributed by atoms with Gasteiger partial charge in [-0.2, -0.15) is 0 Å². The smallest absolute Gasteiger partial charge is 0.265 e.